The highest BCUT2D eigenvalue weighted by atomic mass is 16.5. The normalized spacial score (nSPS) is 10.3. The molecule has 0 aliphatic rings. The molecule has 0 bridgehead atoms. The Hall–Kier alpha value is -2.23. The van der Waals surface area contributed by atoms with Gasteiger partial charge in [0, 0.05) is 5.56 Å². The van der Waals surface area contributed by atoms with E-state index in [1.807, 2.05) is 13.8 Å². The maximum atomic E-state index is 12.1. The highest BCUT2D eigenvalue weighted by Gasteiger charge is 2.20. The third-order valence-electron chi connectivity index (χ3n) is 3.04. The minimum atomic E-state index is -0.406. The van der Waals surface area contributed by atoms with Crippen LogP contribution >= 0.6 is 0 Å². The lowest BCUT2D eigenvalue weighted by Crippen LogP contribution is -2.10. The molecule has 19 heavy (non-hydrogen) atoms. The molecular formula is C15H16O4. The summed E-state index contributed by atoms with van der Waals surface area (Å²) >= 11 is 0. The number of carbonyl (C=O) groups is 1. The maximum absolute atomic E-state index is 12.1. The molecule has 0 radical (unpaired) electrons. The molecule has 2 rings (SSSR count). The fourth-order valence-electron chi connectivity index (χ4n) is 1.90. The number of furan rings is 1. The van der Waals surface area contributed by atoms with Crippen molar-refractivity contribution in [2.75, 3.05) is 7.11 Å². The molecule has 0 aliphatic heterocycles. The summed E-state index contributed by atoms with van der Waals surface area (Å²) in [5.74, 6) is 2.10. The van der Waals surface area contributed by atoms with Crippen molar-refractivity contribution < 1.29 is 18.7 Å². The Labute approximate surface area is 111 Å². The van der Waals surface area contributed by atoms with Crippen LogP contribution < -0.4 is 9.47 Å². The van der Waals surface area contributed by atoms with Crippen LogP contribution in [0, 0.1) is 20.8 Å². The van der Waals surface area contributed by atoms with Crippen LogP contribution in [0.3, 0.4) is 0 Å². The largest absolute Gasteiger partial charge is 0.497 e. The fraction of sp³-hybridized carbons (Fsp3) is 0.267. The highest BCUT2D eigenvalue weighted by Crippen LogP contribution is 2.23. The first kappa shape index (κ1) is 13.2. The molecule has 0 saturated heterocycles. The van der Waals surface area contributed by atoms with Crippen molar-refractivity contribution in [3.63, 3.8) is 0 Å². The van der Waals surface area contributed by atoms with Crippen LogP contribution in [0.4, 0.5) is 0 Å². The minimum absolute atomic E-state index is 0.406. The first-order chi connectivity index (χ1) is 9.02. The van der Waals surface area contributed by atoms with Gasteiger partial charge in [-0.2, -0.15) is 0 Å². The van der Waals surface area contributed by atoms with Gasteiger partial charge in [-0.25, -0.2) is 4.79 Å². The van der Waals surface area contributed by atoms with Crippen molar-refractivity contribution in [1.82, 2.24) is 0 Å². The molecule has 0 saturated carbocycles. The zero-order valence-corrected chi connectivity index (χ0v) is 11.4. The second-order valence-corrected chi connectivity index (χ2v) is 4.28. The summed E-state index contributed by atoms with van der Waals surface area (Å²) in [7, 11) is 1.59. The molecule has 0 atom stereocenters. The van der Waals surface area contributed by atoms with Gasteiger partial charge in [-0.3, -0.25) is 0 Å². The van der Waals surface area contributed by atoms with Crippen molar-refractivity contribution >= 4 is 5.97 Å². The van der Waals surface area contributed by atoms with Gasteiger partial charge in [0.15, 0.2) is 0 Å². The summed E-state index contributed by atoms with van der Waals surface area (Å²) in [6.07, 6.45) is 0. The summed E-state index contributed by atoms with van der Waals surface area (Å²) in [5.41, 5.74) is 1.31. The molecule has 0 fully saturated rings. The summed E-state index contributed by atoms with van der Waals surface area (Å²) in [6.45, 7) is 5.42. The molecule has 0 unspecified atom stereocenters. The standard InChI is InChI=1S/C15H16O4/c1-9-10(2)18-11(3)14(9)15(16)19-13-7-5-12(17-4)6-8-13/h5-8H,1-4H3. The molecule has 1 aromatic carbocycles. The second-order valence-electron chi connectivity index (χ2n) is 4.28. The van der Waals surface area contributed by atoms with Crippen molar-refractivity contribution in [1.29, 1.82) is 0 Å². The van der Waals surface area contributed by atoms with Gasteiger partial charge in [0.2, 0.25) is 0 Å². The lowest BCUT2D eigenvalue weighted by Gasteiger charge is -2.05. The average molecular weight is 260 g/mol. The number of methoxy groups -OCH3 is 1. The number of esters is 1. The minimum Gasteiger partial charge on any atom is -0.497 e. The van der Waals surface area contributed by atoms with Gasteiger partial charge in [0.05, 0.1) is 7.11 Å². The number of benzene rings is 1. The van der Waals surface area contributed by atoms with Gasteiger partial charge in [0.25, 0.3) is 0 Å². The lowest BCUT2D eigenvalue weighted by molar-refractivity contribution is 0.0732. The highest BCUT2D eigenvalue weighted by molar-refractivity contribution is 5.93. The van der Waals surface area contributed by atoms with Gasteiger partial charge in [-0.1, -0.05) is 0 Å². The van der Waals surface area contributed by atoms with Gasteiger partial charge in [-0.15, -0.1) is 0 Å². The number of carbonyl (C=O) groups excluding carboxylic acids is 1. The summed E-state index contributed by atoms with van der Waals surface area (Å²) in [6, 6.07) is 6.86. The molecule has 0 N–H and O–H groups in total. The predicted octanol–water partition coefficient (Wildman–Crippen LogP) is 3.43. The lowest BCUT2D eigenvalue weighted by atomic mass is 10.1. The first-order valence-electron chi connectivity index (χ1n) is 5.95. The molecule has 4 nitrogen and oxygen atoms in total. The Bertz CT molecular complexity index is 593. The molecule has 100 valence electrons. The van der Waals surface area contributed by atoms with Crippen LogP contribution in [-0.4, -0.2) is 13.1 Å². The van der Waals surface area contributed by atoms with Gasteiger partial charge >= 0.3 is 5.97 Å². The molecule has 1 heterocycles. The third-order valence-corrected chi connectivity index (χ3v) is 3.04. The SMILES string of the molecule is COc1ccc(OC(=O)c2c(C)oc(C)c2C)cc1. The maximum Gasteiger partial charge on any atom is 0.347 e. The van der Waals surface area contributed by atoms with Crippen LogP contribution in [0.1, 0.15) is 27.4 Å². The summed E-state index contributed by atoms with van der Waals surface area (Å²) in [5, 5.41) is 0. The Morgan fingerprint density at radius 1 is 1.00 bits per heavy atom. The molecule has 4 heteroatoms. The molecule has 0 spiro atoms. The van der Waals surface area contributed by atoms with E-state index in [9.17, 15) is 4.79 Å². The number of rotatable bonds is 3. The van der Waals surface area contributed by atoms with Crippen LogP contribution in [0.25, 0.3) is 0 Å². The molecule has 0 amide bonds. The quantitative estimate of drug-likeness (QED) is 0.626. The topological polar surface area (TPSA) is 48.7 Å². The van der Waals surface area contributed by atoms with Crippen LogP contribution in [-0.2, 0) is 0 Å². The third kappa shape index (κ3) is 2.62. The van der Waals surface area contributed by atoms with E-state index in [2.05, 4.69) is 0 Å². The van der Waals surface area contributed by atoms with E-state index in [1.54, 1.807) is 38.3 Å². The van der Waals surface area contributed by atoms with Gasteiger partial charge in [0.1, 0.15) is 28.6 Å². The smallest absolute Gasteiger partial charge is 0.347 e. The molecule has 2 aromatic rings. The van der Waals surface area contributed by atoms with Crippen molar-refractivity contribution in [3.8, 4) is 11.5 Å². The first-order valence-corrected chi connectivity index (χ1v) is 5.95. The Morgan fingerprint density at radius 2 is 1.58 bits per heavy atom. The van der Waals surface area contributed by atoms with E-state index >= 15 is 0 Å². The van der Waals surface area contributed by atoms with E-state index in [1.165, 1.54) is 0 Å². The number of hydrogen-bond donors (Lipinski definition) is 0. The van der Waals surface area contributed by atoms with E-state index in [0.29, 0.717) is 22.8 Å². The Kier molecular flexibility index (Phi) is 3.60. The monoisotopic (exact) mass is 260 g/mol. The Balaban J connectivity index is 2.20. The van der Waals surface area contributed by atoms with E-state index in [4.69, 9.17) is 13.9 Å². The molecular weight excluding hydrogens is 244 g/mol. The fourth-order valence-corrected chi connectivity index (χ4v) is 1.90. The van der Waals surface area contributed by atoms with Crippen molar-refractivity contribution in [2.45, 2.75) is 20.8 Å². The molecule has 1 aromatic heterocycles. The van der Waals surface area contributed by atoms with Crippen LogP contribution in [0.2, 0.25) is 0 Å². The second kappa shape index (κ2) is 5.18. The number of ether oxygens (including phenoxy) is 2. The zero-order chi connectivity index (χ0) is 14.0. The van der Waals surface area contributed by atoms with Crippen molar-refractivity contribution in [3.05, 3.63) is 46.9 Å². The number of hydrogen-bond acceptors (Lipinski definition) is 4. The zero-order valence-electron chi connectivity index (χ0n) is 11.4. The molecule has 0 aliphatic carbocycles. The average Bonchev–Trinajstić information content (AvgIpc) is 2.64. The van der Waals surface area contributed by atoms with E-state index in [-0.39, 0.29) is 0 Å². The van der Waals surface area contributed by atoms with E-state index in [0.717, 1.165) is 11.3 Å². The van der Waals surface area contributed by atoms with Crippen LogP contribution in [0.15, 0.2) is 28.7 Å². The summed E-state index contributed by atoms with van der Waals surface area (Å²) < 4.78 is 15.8. The van der Waals surface area contributed by atoms with Crippen molar-refractivity contribution in [2.24, 2.45) is 0 Å². The number of aryl methyl sites for hydroxylation is 2. The van der Waals surface area contributed by atoms with Crippen LogP contribution in [0.5, 0.6) is 11.5 Å². The Morgan fingerprint density at radius 3 is 2.05 bits per heavy atom. The predicted molar refractivity (Wildman–Crippen MR) is 70.9 cm³/mol. The summed E-state index contributed by atoms with van der Waals surface area (Å²) in [4.78, 5) is 12.1. The van der Waals surface area contributed by atoms with Gasteiger partial charge in [-0.05, 0) is 45.0 Å². The van der Waals surface area contributed by atoms with E-state index < -0.39 is 5.97 Å². The van der Waals surface area contributed by atoms with Gasteiger partial charge < -0.3 is 13.9 Å².